The van der Waals surface area contributed by atoms with Crippen molar-refractivity contribution in [2.45, 2.75) is 19.8 Å². The third-order valence-corrected chi connectivity index (χ3v) is 4.83. The SMILES string of the molecule is Cc1cnc(C(=O)N2CC[C@@H](Cc3cnc(-c4nccn4C)cn3)C2)cn1. The molecule has 0 saturated carbocycles. The summed E-state index contributed by atoms with van der Waals surface area (Å²) in [6.07, 6.45) is 12.1. The molecule has 8 heteroatoms. The predicted molar refractivity (Wildman–Crippen MR) is 98.7 cm³/mol. The Labute approximate surface area is 157 Å². The van der Waals surface area contributed by atoms with Gasteiger partial charge in [-0.1, -0.05) is 0 Å². The summed E-state index contributed by atoms with van der Waals surface area (Å²) < 4.78 is 1.91. The van der Waals surface area contributed by atoms with Crippen molar-refractivity contribution in [3.63, 3.8) is 0 Å². The van der Waals surface area contributed by atoms with E-state index < -0.39 is 0 Å². The van der Waals surface area contributed by atoms with Crippen LogP contribution < -0.4 is 0 Å². The molecular formula is C19H21N7O. The van der Waals surface area contributed by atoms with E-state index >= 15 is 0 Å². The Morgan fingerprint density at radius 2 is 2.00 bits per heavy atom. The number of carbonyl (C=O) groups is 1. The van der Waals surface area contributed by atoms with Gasteiger partial charge in [0.1, 0.15) is 11.4 Å². The van der Waals surface area contributed by atoms with E-state index in [0.29, 0.717) is 18.2 Å². The molecule has 138 valence electrons. The van der Waals surface area contributed by atoms with Crippen LogP contribution in [0.15, 0.2) is 37.2 Å². The molecule has 4 rings (SSSR count). The van der Waals surface area contributed by atoms with Crippen molar-refractivity contribution in [2.75, 3.05) is 13.1 Å². The molecule has 1 aliphatic rings. The van der Waals surface area contributed by atoms with Gasteiger partial charge in [-0.25, -0.2) is 15.0 Å². The van der Waals surface area contributed by atoms with Gasteiger partial charge in [-0.3, -0.25) is 14.8 Å². The Kier molecular flexibility index (Phi) is 4.62. The fraction of sp³-hybridized carbons (Fsp3) is 0.368. The maximum atomic E-state index is 12.6. The van der Waals surface area contributed by atoms with Crippen LogP contribution in [0.5, 0.6) is 0 Å². The van der Waals surface area contributed by atoms with Gasteiger partial charge in [0.15, 0.2) is 5.82 Å². The number of carbonyl (C=O) groups excluding carboxylic acids is 1. The van der Waals surface area contributed by atoms with E-state index in [1.54, 1.807) is 31.0 Å². The standard InChI is InChI=1S/C19H21N7O/c1-13-8-23-17(11-21-13)19(27)26-5-3-14(12-26)7-15-9-24-16(10-22-15)18-20-4-6-25(18)2/h4,6,8-11,14H,3,5,7,12H2,1-2H3/t14-/m0/s1. The van der Waals surface area contributed by atoms with E-state index in [9.17, 15) is 4.79 Å². The van der Waals surface area contributed by atoms with Gasteiger partial charge in [0.05, 0.1) is 23.8 Å². The van der Waals surface area contributed by atoms with Crippen LogP contribution in [0.4, 0.5) is 0 Å². The van der Waals surface area contributed by atoms with Crippen molar-refractivity contribution in [3.8, 4) is 11.5 Å². The van der Waals surface area contributed by atoms with Crippen LogP contribution in [0.3, 0.4) is 0 Å². The van der Waals surface area contributed by atoms with Gasteiger partial charge in [-0.05, 0) is 25.7 Å². The molecule has 1 saturated heterocycles. The highest BCUT2D eigenvalue weighted by atomic mass is 16.2. The summed E-state index contributed by atoms with van der Waals surface area (Å²) in [4.78, 5) is 36.1. The highest BCUT2D eigenvalue weighted by Crippen LogP contribution is 2.22. The fourth-order valence-corrected chi connectivity index (χ4v) is 3.33. The van der Waals surface area contributed by atoms with E-state index in [0.717, 1.165) is 42.3 Å². The normalized spacial score (nSPS) is 16.7. The maximum Gasteiger partial charge on any atom is 0.274 e. The number of hydrogen-bond acceptors (Lipinski definition) is 6. The van der Waals surface area contributed by atoms with Crippen LogP contribution >= 0.6 is 0 Å². The maximum absolute atomic E-state index is 12.6. The van der Waals surface area contributed by atoms with Gasteiger partial charge in [0, 0.05) is 44.9 Å². The first-order valence-corrected chi connectivity index (χ1v) is 8.96. The van der Waals surface area contributed by atoms with E-state index in [1.807, 2.05) is 29.6 Å². The Morgan fingerprint density at radius 1 is 1.11 bits per heavy atom. The predicted octanol–water partition coefficient (Wildman–Crippen LogP) is 1.68. The molecule has 0 unspecified atom stereocenters. The summed E-state index contributed by atoms with van der Waals surface area (Å²) in [6.45, 7) is 3.29. The highest BCUT2D eigenvalue weighted by molar-refractivity contribution is 5.92. The zero-order valence-corrected chi connectivity index (χ0v) is 15.4. The molecule has 0 spiro atoms. The molecule has 1 amide bonds. The lowest BCUT2D eigenvalue weighted by molar-refractivity contribution is 0.0780. The second-order valence-electron chi connectivity index (χ2n) is 6.91. The van der Waals surface area contributed by atoms with Crippen LogP contribution in [-0.2, 0) is 13.5 Å². The average molecular weight is 363 g/mol. The van der Waals surface area contributed by atoms with Crippen LogP contribution in [0, 0.1) is 12.8 Å². The Morgan fingerprint density at radius 3 is 2.67 bits per heavy atom. The third kappa shape index (κ3) is 3.69. The summed E-state index contributed by atoms with van der Waals surface area (Å²) in [5.74, 6) is 1.12. The van der Waals surface area contributed by atoms with Crippen LogP contribution in [0.25, 0.3) is 11.5 Å². The number of aryl methyl sites for hydroxylation is 2. The van der Waals surface area contributed by atoms with Crippen LogP contribution in [0.1, 0.15) is 28.3 Å². The van der Waals surface area contributed by atoms with Gasteiger partial charge in [0.25, 0.3) is 5.91 Å². The minimum atomic E-state index is -0.0544. The summed E-state index contributed by atoms with van der Waals surface area (Å²) in [5, 5.41) is 0. The molecule has 1 aliphatic heterocycles. The van der Waals surface area contributed by atoms with E-state index in [-0.39, 0.29) is 5.91 Å². The molecule has 0 aromatic carbocycles. The van der Waals surface area contributed by atoms with Crippen molar-refractivity contribution in [3.05, 3.63) is 54.3 Å². The molecule has 8 nitrogen and oxygen atoms in total. The zero-order chi connectivity index (χ0) is 18.8. The molecule has 0 radical (unpaired) electrons. The first-order chi connectivity index (χ1) is 13.1. The summed E-state index contributed by atoms with van der Waals surface area (Å²) in [5.41, 5.74) is 2.90. The third-order valence-electron chi connectivity index (χ3n) is 4.83. The van der Waals surface area contributed by atoms with Crippen LogP contribution in [0.2, 0.25) is 0 Å². The summed E-state index contributed by atoms with van der Waals surface area (Å²) in [7, 11) is 1.93. The second kappa shape index (κ2) is 7.22. The second-order valence-corrected chi connectivity index (χ2v) is 6.91. The van der Waals surface area contributed by atoms with Gasteiger partial charge in [0.2, 0.25) is 0 Å². The first kappa shape index (κ1) is 17.3. The largest absolute Gasteiger partial charge is 0.337 e. The lowest BCUT2D eigenvalue weighted by atomic mass is 10.0. The van der Waals surface area contributed by atoms with Crippen molar-refractivity contribution < 1.29 is 4.79 Å². The van der Waals surface area contributed by atoms with E-state index in [1.165, 1.54) is 0 Å². The number of aromatic nitrogens is 6. The Bertz CT molecular complexity index is 933. The minimum Gasteiger partial charge on any atom is -0.337 e. The molecule has 3 aromatic rings. The van der Waals surface area contributed by atoms with Crippen molar-refractivity contribution in [1.82, 2.24) is 34.4 Å². The highest BCUT2D eigenvalue weighted by Gasteiger charge is 2.28. The minimum absolute atomic E-state index is 0.0544. The molecule has 3 aromatic heterocycles. The lowest BCUT2D eigenvalue weighted by Gasteiger charge is -2.15. The van der Waals surface area contributed by atoms with Crippen LogP contribution in [-0.4, -0.2) is 53.4 Å². The molecule has 1 fully saturated rings. The zero-order valence-electron chi connectivity index (χ0n) is 15.4. The molecule has 0 bridgehead atoms. The quantitative estimate of drug-likeness (QED) is 0.701. The number of likely N-dealkylation sites (tertiary alicyclic amines) is 1. The molecule has 27 heavy (non-hydrogen) atoms. The molecule has 0 aliphatic carbocycles. The van der Waals surface area contributed by atoms with Crippen molar-refractivity contribution >= 4 is 5.91 Å². The average Bonchev–Trinajstić information content (AvgIpc) is 3.32. The van der Waals surface area contributed by atoms with Gasteiger partial charge in [-0.15, -0.1) is 0 Å². The monoisotopic (exact) mass is 363 g/mol. The number of imidazole rings is 1. The molecule has 4 heterocycles. The van der Waals surface area contributed by atoms with E-state index in [2.05, 4.69) is 24.9 Å². The summed E-state index contributed by atoms with van der Waals surface area (Å²) >= 11 is 0. The number of amides is 1. The summed E-state index contributed by atoms with van der Waals surface area (Å²) in [6, 6.07) is 0. The van der Waals surface area contributed by atoms with Gasteiger partial charge >= 0.3 is 0 Å². The van der Waals surface area contributed by atoms with Crippen molar-refractivity contribution in [2.24, 2.45) is 13.0 Å². The van der Waals surface area contributed by atoms with Gasteiger partial charge in [-0.2, -0.15) is 0 Å². The number of hydrogen-bond donors (Lipinski definition) is 0. The molecular weight excluding hydrogens is 342 g/mol. The Balaban J connectivity index is 1.37. The van der Waals surface area contributed by atoms with Gasteiger partial charge < -0.3 is 9.47 Å². The first-order valence-electron chi connectivity index (χ1n) is 8.96. The topological polar surface area (TPSA) is 89.7 Å². The number of rotatable bonds is 4. The fourth-order valence-electron chi connectivity index (χ4n) is 3.33. The lowest BCUT2D eigenvalue weighted by Crippen LogP contribution is -2.29. The smallest absolute Gasteiger partial charge is 0.274 e. The van der Waals surface area contributed by atoms with Crippen molar-refractivity contribution in [1.29, 1.82) is 0 Å². The number of nitrogens with zero attached hydrogens (tertiary/aromatic N) is 7. The Hall–Kier alpha value is -3.16. The van der Waals surface area contributed by atoms with E-state index in [4.69, 9.17) is 0 Å². The molecule has 1 atom stereocenters. The molecule has 0 N–H and O–H groups in total.